The number of aromatic nitrogens is 1. The van der Waals surface area contributed by atoms with Crippen molar-refractivity contribution in [1.29, 1.82) is 0 Å². The first-order valence-corrected chi connectivity index (χ1v) is 5.09. The number of pyridine rings is 1. The van der Waals surface area contributed by atoms with Gasteiger partial charge >= 0.3 is 0 Å². The first kappa shape index (κ1) is 12.3. The molecule has 5 heteroatoms. The first-order chi connectivity index (χ1) is 7.33. The van der Waals surface area contributed by atoms with Crippen LogP contribution in [0, 0.1) is 12.3 Å². The average Bonchev–Trinajstić information content (AvgIpc) is 2.20. The van der Waals surface area contributed by atoms with Gasteiger partial charge in [0.05, 0.1) is 5.41 Å². The Kier molecular flexibility index (Phi) is 3.37. The van der Waals surface area contributed by atoms with Crippen molar-refractivity contribution < 1.29 is 4.79 Å². The molecular weight excluding hydrogens is 204 g/mol. The van der Waals surface area contributed by atoms with Gasteiger partial charge in [-0.15, -0.1) is 0 Å². The Morgan fingerprint density at radius 1 is 1.56 bits per heavy atom. The molecule has 1 aromatic rings. The lowest BCUT2D eigenvalue weighted by Crippen LogP contribution is -2.37. The van der Waals surface area contributed by atoms with Crippen LogP contribution in [0.4, 0.5) is 11.5 Å². The molecule has 1 heterocycles. The summed E-state index contributed by atoms with van der Waals surface area (Å²) >= 11 is 0. The summed E-state index contributed by atoms with van der Waals surface area (Å²) in [6.07, 6.45) is 1.69. The number of amides is 1. The minimum atomic E-state index is -0.610. The zero-order valence-corrected chi connectivity index (χ0v) is 9.87. The van der Waals surface area contributed by atoms with Gasteiger partial charge in [-0.25, -0.2) is 4.98 Å². The second-order valence-corrected chi connectivity index (χ2v) is 4.53. The van der Waals surface area contributed by atoms with Crippen molar-refractivity contribution in [1.82, 2.24) is 4.98 Å². The van der Waals surface area contributed by atoms with Gasteiger partial charge in [-0.2, -0.15) is 0 Å². The van der Waals surface area contributed by atoms with Crippen molar-refractivity contribution >= 4 is 17.4 Å². The van der Waals surface area contributed by atoms with Crippen molar-refractivity contribution in [2.24, 2.45) is 11.1 Å². The van der Waals surface area contributed by atoms with Crippen LogP contribution < -0.4 is 16.8 Å². The van der Waals surface area contributed by atoms with E-state index in [4.69, 9.17) is 11.5 Å². The van der Waals surface area contributed by atoms with Gasteiger partial charge in [0.15, 0.2) is 0 Å². The molecular formula is C11H18N4O. The maximum Gasteiger partial charge on any atom is 0.224 e. The lowest BCUT2D eigenvalue weighted by atomic mass is 9.93. The Morgan fingerprint density at radius 3 is 2.69 bits per heavy atom. The summed E-state index contributed by atoms with van der Waals surface area (Å²) in [6, 6.07) is 1.74. The number of nitrogens with two attached hydrogens (primary N) is 2. The van der Waals surface area contributed by atoms with Crippen LogP contribution in [0.15, 0.2) is 12.3 Å². The predicted molar refractivity (Wildman–Crippen MR) is 64.9 cm³/mol. The quantitative estimate of drug-likeness (QED) is 0.705. The van der Waals surface area contributed by atoms with Crippen molar-refractivity contribution in [2.45, 2.75) is 20.8 Å². The average molecular weight is 222 g/mol. The summed E-state index contributed by atoms with van der Waals surface area (Å²) < 4.78 is 0. The Hall–Kier alpha value is -1.78. The standard InChI is InChI=1S/C11H18N4O/c1-7-5-14-9(4-8(7)12)15-6-11(2,3)10(13)16/h4-5H,6H2,1-3H3,(H2,13,16)(H3,12,14,15). The smallest absolute Gasteiger partial charge is 0.224 e. The van der Waals surface area contributed by atoms with E-state index in [0.29, 0.717) is 18.1 Å². The second-order valence-electron chi connectivity index (χ2n) is 4.53. The fourth-order valence-corrected chi connectivity index (χ4v) is 1.03. The molecule has 0 saturated heterocycles. The number of hydrogen-bond donors (Lipinski definition) is 3. The van der Waals surface area contributed by atoms with Gasteiger partial charge in [0, 0.05) is 24.5 Å². The van der Waals surface area contributed by atoms with E-state index in [9.17, 15) is 4.79 Å². The Labute approximate surface area is 95.2 Å². The summed E-state index contributed by atoms with van der Waals surface area (Å²) in [5.41, 5.74) is 12.0. The number of carbonyl (C=O) groups is 1. The molecule has 0 saturated carbocycles. The topological polar surface area (TPSA) is 94.0 Å². The molecule has 0 atom stereocenters. The zero-order chi connectivity index (χ0) is 12.3. The fraction of sp³-hybridized carbons (Fsp3) is 0.455. The maximum absolute atomic E-state index is 11.1. The highest BCUT2D eigenvalue weighted by atomic mass is 16.1. The second kappa shape index (κ2) is 4.38. The minimum absolute atomic E-state index is 0.347. The number of nitrogen functional groups attached to an aromatic ring is 1. The van der Waals surface area contributed by atoms with Crippen LogP contribution in [0.5, 0.6) is 0 Å². The minimum Gasteiger partial charge on any atom is -0.398 e. The molecule has 1 rings (SSSR count). The van der Waals surface area contributed by atoms with E-state index in [1.54, 1.807) is 26.1 Å². The largest absolute Gasteiger partial charge is 0.398 e. The van der Waals surface area contributed by atoms with Crippen LogP contribution >= 0.6 is 0 Å². The number of hydrogen-bond acceptors (Lipinski definition) is 4. The number of carbonyl (C=O) groups excluding carboxylic acids is 1. The van der Waals surface area contributed by atoms with E-state index in [1.165, 1.54) is 0 Å². The van der Waals surface area contributed by atoms with Crippen molar-refractivity contribution in [2.75, 3.05) is 17.6 Å². The Morgan fingerprint density at radius 2 is 2.19 bits per heavy atom. The molecule has 88 valence electrons. The van der Waals surface area contributed by atoms with Crippen LogP contribution in [0.1, 0.15) is 19.4 Å². The molecule has 5 nitrogen and oxygen atoms in total. The monoisotopic (exact) mass is 222 g/mol. The predicted octanol–water partition coefficient (Wildman–Crippen LogP) is 0.896. The summed E-state index contributed by atoms with van der Waals surface area (Å²) in [7, 11) is 0. The Bertz CT molecular complexity index is 401. The summed E-state index contributed by atoms with van der Waals surface area (Å²) in [6.45, 7) is 5.87. The zero-order valence-electron chi connectivity index (χ0n) is 9.87. The molecule has 0 aromatic carbocycles. The van der Waals surface area contributed by atoms with E-state index in [0.717, 1.165) is 5.56 Å². The molecule has 0 bridgehead atoms. The fourth-order valence-electron chi connectivity index (χ4n) is 1.03. The van der Waals surface area contributed by atoms with Crippen molar-refractivity contribution in [3.63, 3.8) is 0 Å². The molecule has 0 aliphatic rings. The number of rotatable bonds is 4. The van der Waals surface area contributed by atoms with Gasteiger partial charge in [-0.05, 0) is 26.3 Å². The number of primary amides is 1. The van der Waals surface area contributed by atoms with Gasteiger partial charge in [0.1, 0.15) is 5.82 Å². The van der Waals surface area contributed by atoms with E-state index in [-0.39, 0.29) is 5.91 Å². The van der Waals surface area contributed by atoms with Gasteiger partial charge in [0.25, 0.3) is 0 Å². The molecule has 1 amide bonds. The summed E-state index contributed by atoms with van der Waals surface area (Å²) in [5, 5.41) is 3.04. The van der Waals surface area contributed by atoms with E-state index in [1.807, 2.05) is 6.92 Å². The molecule has 1 aromatic heterocycles. The third-order valence-electron chi connectivity index (χ3n) is 2.52. The van der Waals surface area contributed by atoms with Gasteiger partial charge < -0.3 is 16.8 Å². The normalized spacial score (nSPS) is 11.2. The lowest BCUT2D eigenvalue weighted by Gasteiger charge is -2.21. The number of nitrogens with one attached hydrogen (secondary N) is 1. The van der Waals surface area contributed by atoms with Crippen molar-refractivity contribution in [3.8, 4) is 0 Å². The van der Waals surface area contributed by atoms with Crippen LogP contribution in [-0.2, 0) is 4.79 Å². The molecule has 0 radical (unpaired) electrons. The molecule has 16 heavy (non-hydrogen) atoms. The Balaban J connectivity index is 2.68. The molecule has 0 spiro atoms. The highest BCUT2D eigenvalue weighted by Gasteiger charge is 2.24. The van der Waals surface area contributed by atoms with Crippen molar-refractivity contribution in [3.05, 3.63) is 17.8 Å². The highest BCUT2D eigenvalue weighted by Crippen LogP contribution is 2.17. The third-order valence-corrected chi connectivity index (χ3v) is 2.52. The maximum atomic E-state index is 11.1. The van der Waals surface area contributed by atoms with E-state index < -0.39 is 5.41 Å². The SMILES string of the molecule is Cc1cnc(NCC(C)(C)C(N)=O)cc1N. The summed E-state index contributed by atoms with van der Waals surface area (Å²) in [5.74, 6) is 0.303. The number of anilines is 2. The molecule has 5 N–H and O–H groups in total. The van der Waals surface area contributed by atoms with E-state index in [2.05, 4.69) is 10.3 Å². The van der Waals surface area contributed by atoms with Crippen LogP contribution in [0.2, 0.25) is 0 Å². The summed E-state index contributed by atoms with van der Waals surface area (Å²) in [4.78, 5) is 15.3. The van der Waals surface area contributed by atoms with Gasteiger partial charge in [-0.3, -0.25) is 4.79 Å². The lowest BCUT2D eigenvalue weighted by molar-refractivity contribution is -0.125. The molecule has 0 unspecified atom stereocenters. The molecule has 0 aliphatic heterocycles. The first-order valence-electron chi connectivity index (χ1n) is 5.09. The molecule has 0 fully saturated rings. The van der Waals surface area contributed by atoms with Gasteiger partial charge in [0.2, 0.25) is 5.91 Å². The highest BCUT2D eigenvalue weighted by molar-refractivity contribution is 5.80. The van der Waals surface area contributed by atoms with Crippen LogP contribution in [0.3, 0.4) is 0 Å². The number of aryl methyl sites for hydroxylation is 1. The number of nitrogens with zero attached hydrogens (tertiary/aromatic N) is 1. The third kappa shape index (κ3) is 2.85. The van der Waals surface area contributed by atoms with Gasteiger partial charge in [-0.1, -0.05) is 0 Å². The van der Waals surface area contributed by atoms with E-state index >= 15 is 0 Å². The van der Waals surface area contributed by atoms with Crippen LogP contribution in [-0.4, -0.2) is 17.4 Å². The molecule has 0 aliphatic carbocycles. The van der Waals surface area contributed by atoms with Crippen LogP contribution in [0.25, 0.3) is 0 Å².